The Balaban J connectivity index is 2.21. The number of ether oxygens (including phenoxy) is 1. The molecule has 0 saturated carbocycles. The zero-order valence-corrected chi connectivity index (χ0v) is 11.6. The van der Waals surface area contributed by atoms with Crippen molar-refractivity contribution >= 4 is 12.0 Å². The van der Waals surface area contributed by atoms with E-state index in [0.29, 0.717) is 19.5 Å². The van der Waals surface area contributed by atoms with Crippen LogP contribution in [0, 0.1) is 0 Å². The van der Waals surface area contributed by atoms with Crippen LogP contribution < -0.4 is 5.32 Å². The summed E-state index contributed by atoms with van der Waals surface area (Å²) in [4.78, 5) is 24.0. The minimum absolute atomic E-state index is 0.0858. The Labute approximate surface area is 114 Å². The second-order valence-electron chi connectivity index (χ2n) is 4.81. The number of hydrogen-bond donors (Lipinski definition) is 2. The van der Waals surface area contributed by atoms with Crippen molar-refractivity contribution in [1.82, 2.24) is 10.2 Å². The Kier molecular flexibility index (Phi) is 7.25. The maximum atomic E-state index is 11.9. The van der Waals surface area contributed by atoms with Crippen molar-refractivity contribution in [2.75, 3.05) is 26.2 Å². The molecule has 6 heteroatoms. The van der Waals surface area contributed by atoms with Crippen molar-refractivity contribution in [2.45, 2.75) is 45.1 Å². The molecule has 1 atom stereocenters. The minimum atomic E-state index is -0.833. The summed E-state index contributed by atoms with van der Waals surface area (Å²) in [5.74, 6) is -0.833. The lowest BCUT2D eigenvalue weighted by molar-refractivity contribution is -0.137. The zero-order chi connectivity index (χ0) is 14.1. The van der Waals surface area contributed by atoms with Crippen molar-refractivity contribution in [1.29, 1.82) is 0 Å². The molecular formula is C13H24N2O4. The molecule has 1 unspecified atom stereocenters. The van der Waals surface area contributed by atoms with Gasteiger partial charge in [-0.1, -0.05) is 6.92 Å². The van der Waals surface area contributed by atoms with E-state index in [-0.39, 0.29) is 18.6 Å². The summed E-state index contributed by atoms with van der Waals surface area (Å²) < 4.78 is 5.67. The number of likely N-dealkylation sites (tertiary alicyclic amines) is 1. The van der Waals surface area contributed by atoms with Gasteiger partial charge in [0.25, 0.3) is 0 Å². The minimum Gasteiger partial charge on any atom is -0.481 e. The van der Waals surface area contributed by atoms with Gasteiger partial charge in [-0.15, -0.1) is 0 Å². The Bertz CT molecular complexity index is 296. The van der Waals surface area contributed by atoms with E-state index in [1.54, 1.807) is 4.90 Å². The van der Waals surface area contributed by atoms with Crippen LogP contribution in [0.4, 0.5) is 4.79 Å². The Morgan fingerprint density at radius 3 is 2.95 bits per heavy atom. The first kappa shape index (κ1) is 15.8. The van der Waals surface area contributed by atoms with Crippen molar-refractivity contribution in [2.24, 2.45) is 0 Å². The first-order chi connectivity index (χ1) is 9.13. The van der Waals surface area contributed by atoms with Gasteiger partial charge in [-0.3, -0.25) is 4.79 Å². The molecule has 2 N–H and O–H groups in total. The fraction of sp³-hybridized carbons (Fsp3) is 0.846. The van der Waals surface area contributed by atoms with Gasteiger partial charge in [0.1, 0.15) is 0 Å². The van der Waals surface area contributed by atoms with Gasteiger partial charge in [-0.05, 0) is 25.7 Å². The van der Waals surface area contributed by atoms with Crippen LogP contribution in [0.1, 0.15) is 39.0 Å². The van der Waals surface area contributed by atoms with Gasteiger partial charge in [-0.2, -0.15) is 0 Å². The monoisotopic (exact) mass is 272 g/mol. The van der Waals surface area contributed by atoms with Crippen LogP contribution in [-0.2, 0) is 9.53 Å². The fourth-order valence-corrected chi connectivity index (χ4v) is 2.09. The lowest BCUT2D eigenvalue weighted by atomic mass is 10.1. The van der Waals surface area contributed by atoms with E-state index in [1.807, 2.05) is 0 Å². The lowest BCUT2D eigenvalue weighted by Gasteiger charge is -2.32. The SMILES string of the molecule is CCCOC1CCCN(C(=O)NCCCC(=O)O)C1. The third kappa shape index (κ3) is 6.42. The number of carboxylic acids is 1. The van der Waals surface area contributed by atoms with Crippen LogP contribution in [0.25, 0.3) is 0 Å². The molecule has 0 aromatic carbocycles. The number of urea groups is 1. The Morgan fingerprint density at radius 2 is 2.26 bits per heavy atom. The zero-order valence-electron chi connectivity index (χ0n) is 11.6. The van der Waals surface area contributed by atoms with Crippen molar-refractivity contribution in [3.63, 3.8) is 0 Å². The molecule has 1 fully saturated rings. The molecule has 0 aromatic heterocycles. The van der Waals surface area contributed by atoms with Gasteiger partial charge < -0.3 is 20.1 Å². The molecule has 19 heavy (non-hydrogen) atoms. The number of carbonyl (C=O) groups excluding carboxylic acids is 1. The molecule has 0 bridgehead atoms. The van der Waals surface area contributed by atoms with E-state index in [4.69, 9.17) is 9.84 Å². The van der Waals surface area contributed by atoms with Crippen LogP contribution in [0.2, 0.25) is 0 Å². The average Bonchev–Trinajstić information content (AvgIpc) is 2.41. The molecule has 1 rings (SSSR count). The van der Waals surface area contributed by atoms with Crippen molar-refractivity contribution < 1.29 is 19.4 Å². The molecule has 1 aliphatic heterocycles. The lowest BCUT2D eigenvalue weighted by Crippen LogP contribution is -2.48. The number of carboxylic acid groups (broad SMARTS) is 1. The molecule has 0 radical (unpaired) electrons. The van der Waals surface area contributed by atoms with Gasteiger partial charge in [-0.25, -0.2) is 4.79 Å². The highest BCUT2D eigenvalue weighted by Gasteiger charge is 2.23. The molecule has 110 valence electrons. The number of amides is 2. The van der Waals surface area contributed by atoms with E-state index in [2.05, 4.69) is 12.2 Å². The molecule has 1 heterocycles. The summed E-state index contributed by atoms with van der Waals surface area (Å²) in [6, 6.07) is -0.116. The molecule has 0 aliphatic carbocycles. The van der Waals surface area contributed by atoms with E-state index in [1.165, 1.54) is 0 Å². The molecule has 0 aromatic rings. The normalized spacial score (nSPS) is 19.2. The standard InChI is InChI=1S/C13H24N2O4/c1-2-9-19-11-5-4-8-15(10-11)13(18)14-7-3-6-12(16)17/h11H,2-10H2,1H3,(H,14,18)(H,16,17). The maximum absolute atomic E-state index is 11.9. The number of hydrogen-bond acceptors (Lipinski definition) is 3. The van der Waals surface area contributed by atoms with Gasteiger partial charge in [0, 0.05) is 32.7 Å². The topological polar surface area (TPSA) is 78.9 Å². The highest BCUT2D eigenvalue weighted by atomic mass is 16.5. The second-order valence-corrected chi connectivity index (χ2v) is 4.81. The number of rotatable bonds is 7. The van der Waals surface area contributed by atoms with Gasteiger partial charge in [0.2, 0.25) is 0 Å². The molecule has 1 aliphatic rings. The number of aliphatic carboxylic acids is 1. The van der Waals surface area contributed by atoms with E-state index < -0.39 is 5.97 Å². The third-order valence-electron chi connectivity index (χ3n) is 3.07. The Hall–Kier alpha value is -1.30. The van der Waals surface area contributed by atoms with E-state index >= 15 is 0 Å². The van der Waals surface area contributed by atoms with Crippen LogP contribution in [0.5, 0.6) is 0 Å². The quantitative estimate of drug-likeness (QED) is 0.688. The summed E-state index contributed by atoms with van der Waals surface area (Å²) in [5.41, 5.74) is 0. The molecule has 6 nitrogen and oxygen atoms in total. The largest absolute Gasteiger partial charge is 0.481 e. The molecule has 1 saturated heterocycles. The number of nitrogens with zero attached hydrogens (tertiary/aromatic N) is 1. The van der Waals surface area contributed by atoms with Gasteiger partial charge in [0.15, 0.2) is 0 Å². The van der Waals surface area contributed by atoms with Crippen LogP contribution in [-0.4, -0.2) is 54.4 Å². The summed E-state index contributed by atoms with van der Waals surface area (Å²) >= 11 is 0. The summed E-state index contributed by atoms with van der Waals surface area (Å²) in [5, 5.41) is 11.3. The Morgan fingerprint density at radius 1 is 1.47 bits per heavy atom. The fourth-order valence-electron chi connectivity index (χ4n) is 2.09. The third-order valence-corrected chi connectivity index (χ3v) is 3.07. The van der Waals surface area contributed by atoms with Crippen LogP contribution in [0.3, 0.4) is 0 Å². The van der Waals surface area contributed by atoms with Crippen LogP contribution in [0.15, 0.2) is 0 Å². The summed E-state index contributed by atoms with van der Waals surface area (Å²) in [7, 11) is 0. The molecule has 0 spiro atoms. The number of piperidine rings is 1. The van der Waals surface area contributed by atoms with Gasteiger partial charge in [0.05, 0.1) is 6.10 Å². The van der Waals surface area contributed by atoms with E-state index in [9.17, 15) is 9.59 Å². The van der Waals surface area contributed by atoms with Gasteiger partial charge >= 0.3 is 12.0 Å². The predicted molar refractivity (Wildman–Crippen MR) is 71.1 cm³/mol. The highest BCUT2D eigenvalue weighted by Crippen LogP contribution is 2.13. The first-order valence-corrected chi connectivity index (χ1v) is 6.99. The highest BCUT2D eigenvalue weighted by molar-refractivity contribution is 5.74. The van der Waals surface area contributed by atoms with Crippen molar-refractivity contribution in [3.8, 4) is 0 Å². The predicted octanol–water partition coefficient (Wildman–Crippen LogP) is 1.45. The molecule has 2 amide bonds. The molecular weight excluding hydrogens is 248 g/mol. The average molecular weight is 272 g/mol. The van der Waals surface area contributed by atoms with Crippen LogP contribution >= 0.6 is 0 Å². The smallest absolute Gasteiger partial charge is 0.317 e. The number of nitrogens with one attached hydrogen (secondary N) is 1. The maximum Gasteiger partial charge on any atom is 0.317 e. The summed E-state index contributed by atoms with van der Waals surface area (Å²) in [6.45, 7) is 4.58. The summed E-state index contributed by atoms with van der Waals surface area (Å²) in [6.07, 6.45) is 3.63. The first-order valence-electron chi connectivity index (χ1n) is 6.99. The number of carbonyl (C=O) groups is 2. The van der Waals surface area contributed by atoms with Crippen molar-refractivity contribution in [3.05, 3.63) is 0 Å². The van der Waals surface area contributed by atoms with E-state index in [0.717, 1.165) is 32.4 Å². The second kappa shape index (κ2) is 8.74.